The molecule has 2 heterocycles. The van der Waals surface area contributed by atoms with Crippen LogP contribution in [-0.2, 0) is 19.1 Å². The van der Waals surface area contributed by atoms with E-state index in [1.54, 1.807) is 0 Å². The van der Waals surface area contributed by atoms with E-state index in [0.717, 1.165) is 51.9 Å². The molecule has 0 unspecified atom stereocenters. The van der Waals surface area contributed by atoms with Crippen LogP contribution < -0.4 is 10.6 Å². The minimum Gasteiger partial charge on any atom is -0.462 e. The SMILES string of the molecule is O=C(OCCOC(=O)C1CCNCC1)C1CCNCC1. The molecule has 0 bridgehead atoms. The standard InChI is InChI=1S/C14H24N2O4/c17-13(11-1-5-15-6-2-11)19-9-10-20-14(18)12-3-7-16-8-4-12/h11-12,15-16H,1-10H2. The highest BCUT2D eigenvalue weighted by Crippen LogP contribution is 2.14. The predicted molar refractivity (Wildman–Crippen MR) is 73.1 cm³/mol. The molecule has 0 radical (unpaired) electrons. The van der Waals surface area contributed by atoms with Crippen LogP contribution in [0.5, 0.6) is 0 Å². The van der Waals surface area contributed by atoms with Gasteiger partial charge >= 0.3 is 11.9 Å². The Morgan fingerprint density at radius 1 is 0.750 bits per heavy atom. The summed E-state index contributed by atoms with van der Waals surface area (Å²) in [5.41, 5.74) is 0. The molecule has 0 atom stereocenters. The number of esters is 2. The van der Waals surface area contributed by atoms with Crippen molar-refractivity contribution in [3.8, 4) is 0 Å². The van der Waals surface area contributed by atoms with Crippen LogP contribution in [0.3, 0.4) is 0 Å². The van der Waals surface area contributed by atoms with Crippen LogP contribution in [0.1, 0.15) is 25.7 Å². The van der Waals surface area contributed by atoms with Gasteiger partial charge in [-0.05, 0) is 51.9 Å². The molecule has 0 amide bonds. The third-order valence-electron chi connectivity index (χ3n) is 3.92. The van der Waals surface area contributed by atoms with Gasteiger partial charge in [0.2, 0.25) is 0 Å². The van der Waals surface area contributed by atoms with Crippen molar-refractivity contribution in [3.05, 3.63) is 0 Å². The molecule has 2 aliphatic heterocycles. The fraction of sp³-hybridized carbons (Fsp3) is 0.857. The zero-order valence-electron chi connectivity index (χ0n) is 11.9. The summed E-state index contributed by atoms with van der Waals surface area (Å²) >= 11 is 0. The van der Waals surface area contributed by atoms with Crippen LogP contribution in [0.2, 0.25) is 0 Å². The lowest BCUT2D eigenvalue weighted by Crippen LogP contribution is -2.34. The van der Waals surface area contributed by atoms with E-state index in [1.807, 2.05) is 0 Å². The topological polar surface area (TPSA) is 76.7 Å². The third-order valence-corrected chi connectivity index (χ3v) is 3.92. The maximum absolute atomic E-state index is 11.7. The summed E-state index contributed by atoms with van der Waals surface area (Å²) in [6.45, 7) is 3.79. The first kappa shape index (κ1) is 15.3. The van der Waals surface area contributed by atoms with Gasteiger partial charge in [-0.15, -0.1) is 0 Å². The molecule has 2 rings (SSSR count). The zero-order chi connectivity index (χ0) is 14.2. The molecule has 114 valence electrons. The first-order valence-corrected chi connectivity index (χ1v) is 7.52. The van der Waals surface area contributed by atoms with Gasteiger partial charge in [-0.25, -0.2) is 0 Å². The van der Waals surface area contributed by atoms with Crippen LogP contribution in [-0.4, -0.2) is 51.3 Å². The molecular formula is C14H24N2O4. The fourth-order valence-electron chi connectivity index (χ4n) is 2.64. The Bertz CT molecular complexity index is 291. The van der Waals surface area contributed by atoms with Gasteiger partial charge in [0.15, 0.2) is 0 Å². The molecule has 0 aliphatic carbocycles. The van der Waals surface area contributed by atoms with E-state index in [0.29, 0.717) is 0 Å². The average molecular weight is 284 g/mol. The normalized spacial score (nSPS) is 21.4. The summed E-state index contributed by atoms with van der Waals surface area (Å²) < 4.78 is 10.3. The van der Waals surface area contributed by atoms with E-state index in [1.165, 1.54) is 0 Å². The highest BCUT2D eigenvalue weighted by Gasteiger charge is 2.24. The largest absolute Gasteiger partial charge is 0.462 e. The van der Waals surface area contributed by atoms with Crippen LogP contribution in [0.15, 0.2) is 0 Å². The lowest BCUT2D eigenvalue weighted by atomic mass is 9.98. The molecule has 0 saturated carbocycles. The quantitative estimate of drug-likeness (QED) is 0.550. The number of nitrogens with one attached hydrogen (secondary N) is 2. The molecule has 2 aliphatic rings. The summed E-state index contributed by atoms with van der Waals surface area (Å²) in [5.74, 6) is -0.332. The van der Waals surface area contributed by atoms with Gasteiger partial charge in [0, 0.05) is 0 Å². The summed E-state index contributed by atoms with van der Waals surface area (Å²) in [6.07, 6.45) is 3.31. The minimum absolute atomic E-state index is 0.00336. The minimum atomic E-state index is -0.163. The number of carbonyl (C=O) groups excluding carboxylic acids is 2. The molecule has 6 nitrogen and oxygen atoms in total. The summed E-state index contributed by atoms with van der Waals surface area (Å²) in [4.78, 5) is 23.5. The number of ether oxygens (including phenoxy) is 2. The van der Waals surface area contributed by atoms with Crippen molar-refractivity contribution >= 4 is 11.9 Å². The van der Waals surface area contributed by atoms with Gasteiger partial charge in [-0.1, -0.05) is 0 Å². The average Bonchev–Trinajstić information content (AvgIpc) is 2.53. The van der Waals surface area contributed by atoms with Crippen molar-refractivity contribution in [2.45, 2.75) is 25.7 Å². The second-order valence-electron chi connectivity index (χ2n) is 5.38. The number of hydrogen-bond acceptors (Lipinski definition) is 6. The smallest absolute Gasteiger partial charge is 0.309 e. The zero-order valence-corrected chi connectivity index (χ0v) is 11.9. The molecule has 0 spiro atoms. The van der Waals surface area contributed by atoms with E-state index in [-0.39, 0.29) is 37.0 Å². The van der Waals surface area contributed by atoms with E-state index >= 15 is 0 Å². The van der Waals surface area contributed by atoms with Crippen molar-refractivity contribution in [1.29, 1.82) is 0 Å². The van der Waals surface area contributed by atoms with E-state index in [9.17, 15) is 9.59 Å². The first-order chi connectivity index (χ1) is 9.77. The van der Waals surface area contributed by atoms with Gasteiger partial charge in [0.1, 0.15) is 13.2 Å². The molecule has 6 heteroatoms. The lowest BCUT2D eigenvalue weighted by molar-refractivity contribution is -0.158. The Labute approximate surface area is 119 Å². The number of hydrogen-bond donors (Lipinski definition) is 2. The monoisotopic (exact) mass is 284 g/mol. The van der Waals surface area contributed by atoms with Crippen LogP contribution in [0.4, 0.5) is 0 Å². The van der Waals surface area contributed by atoms with Crippen molar-refractivity contribution in [1.82, 2.24) is 10.6 Å². The van der Waals surface area contributed by atoms with Gasteiger partial charge in [0.05, 0.1) is 11.8 Å². The maximum atomic E-state index is 11.7. The van der Waals surface area contributed by atoms with Gasteiger partial charge in [0.25, 0.3) is 0 Å². The molecule has 2 saturated heterocycles. The van der Waals surface area contributed by atoms with Crippen molar-refractivity contribution in [2.75, 3.05) is 39.4 Å². The Hall–Kier alpha value is -1.14. The van der Waals surface area contributed by atoms with Crippen molar-refractivity contribution < 1.29 is 19.1 Å². The van der Waals surface area contributed by atoms with Crippen LogP contribution in [0.25, 0.3) is 0 Å². The molecular weight excluding hydrogens is 260 g/mol. The Morgan fingerprint density at radius 3 is 1.45 bits per heavy atom. The first-order valence-electron chi connectivity index (χ1n) is 7.52. The fourth-order valence-corrected chi connectivity index (χ4v) is 2.64. The van der Waals surface area contributed by atoms with Crippen LogP contribution in [0, 0.1) is 11.8 Å². The van der Waals surface area contributed by atoms with E-state index in [2.05, 4.69) is 10.6 Å². The maximum Gasteiger partial charge on any atom is 0.309 e. The van der Waals surface area contributed by atoms with Crippen LogP contribution >= 0.6 is 0 Å². The molecule has 2 fully saturated rings. The highest BCUT2D eigenvalue weighted by molar-refractivity contribution is 5.73. The summed E-state index contributed by atoms with van der Waals surface area (Å²) in [7, 11) is 0. The number of carbonyl (C=O) groups is 2. The number of piperidine rings is 2. The second-order valence-corrected chi connectivity index (χ2v) is 5.38. The molecule has 2 N–H and O–H groups in total. The predicted octanol–water partition coefficient (Wildman–Crippen LogP) is 0.0720. The Morgan fingerprint density at radius 2 is 1.10 bits per heavy atom. The van der Waals surface area contributed by atoms with Gasteiger partial charge in [-0.2, -0.15) is 0 Å². The van der Waals surface area contributed by atoms with E-state index < -0.39 is 0 Å². The van der Waals surface area contributed by atoms with Crippen molar-refractivity contribution in [2.24, 2.45) is 11.8 Å². The number of rotatable bonds is 5. The molecule has 20 heavy (non-hydrogen) atoms. The van der Waals surface area contributed by atoms with Gasteiger partial charge < -0.3 is 20.1 Å². The van der Waals surface area contributed by atoms with E-state index in [4.69, 9.17) is 9.47 Å². The summed E-state index contributed by atoms with van der Waals surface area (Å²) in [6, 6.07) is 0. The molecule has 0 aromatic heterocycles. The summed E-state index contributed by atoms with van der Waals surface area (Å²) in [5, 5.41) is 6.41. The highest BCUT2D eigenvalue weighted by atomic mass is 16.6. The molecule has 0 aromatic carbocycles. The molecule has 0 aromatic rings. The van der Waals surface area contributed by atoms with Crippen molar-refractivity contribution in [3.63, 3.8) is 0 Å². The van der Waals surface area contributed by atoms with Gasteiger partial charge in [-0.3, -0.25) is 9.59 Å². The Balaban J connectivity index is 1.56. The lowest BCUT2D eigenvalue weighted by Gasteiger charge is -2.22. The Kier molecular flexibility index (Phi) is 6.26. The third kappa shape index (κ3) is 4.76. The second kappa shape index (κ2) is 8.21.